The number of thiophene rings is 1. The summed E-state index contributed by atoms with van der Waals surface area (Å²) in [5, 5.41) is 13.3. The van der Waals surface area contributed by atoms with E-state index in [9.17, 15) is 14.4 Å². The topological polar surface area (TPSA) is 83.5 Å². The zero-order valence-corrected chi connectivity index (χ0v) is 15.3. The van der Waals surface area contributed by atoms with Crippen molar-refractivity contribution in [1.29, 1.82) is 0 Å². The van der Waals surface area contributed by atoms with E-state index < -0.39 is 17.3 Å². The van der Waals surface area contributed by atoms with Gasteiger partial charge in [-0.3, -0.25) is 14.9 Å². The highest BCUT2D eigenvalue weighted by Gasteiger charge is 2.23. The first-order valence-corrected chi connectivity index (χ1v) is 8.81. The van der Waals surface area contributed by atoms with Crippen LogP contribution in [0.15, 0.2) is 35.7 Å². The van der Waals surface area contributed by atoms with Crippen LogP contribution in [0.4, 0.5) is 0 Å². The van der Waals surface area contributed by atoms with Gasteiger partial charge in [-0.2, -0.15) is 0 Å². The van der Waals surface area contributed by atoms with Gasteiger partial charge in [0.1, 0.15) is 4.88 Å². The first-order chi connectivity index (χ1) is 11.7. The van der Waals surface area contributed by atoms with Gasteiger partial charge >= 0.3 is 5.97 Å². The molecule has 0 aliphatic heterocycles. The SMILES string of the molecule is CC(C)(C)C(=O)NC(=O)c1cccc(CCc2ccsc2C(=O)O)c1. The average molecular weight is 359 g/mol. The van der Waals surface area contributed by atoms with Gasteiger partial charge in [-0.1, -0.05) is 32.9 Å². The van der Waals surface area contributed by atoms with Crippen LogP contribution in [0.2, 0.25) is 0 Å². The summed E-state index contributed by atoms with van der Waals surface area (Å²) in [6, 6.07) is 8.85. The van der Waals surface area contributed by atoms with Gasteiger partial charge in [-0.15, -0.1) is 11.3 Å². The van der Waals surface area contributed by atoms with E-state index >= 15 is 0 Å². The third-order valence-corrected chi connectivity index (χ3v) is 4.67. The van der Waals surface area contributed by atoms with Crippen LogP contribution in [0, 0.1) is 5.41 Å². The quantitative estimate of drug-likeness (QED) is 0.855. The van der Waals surface area contributed by atoms with Crippen LogP contribution in [-0.4, -0.2) is 22.9 Å². The largest absolute Gasteiger partial charge is 0.477 e. The lowest BCUT2D eigenvalue weighted by molar-refractivity contribution is -0.127. The van der Waals surface area contributed by atoms with Crippen molar-refractivity contribution in [3.05, 3.63) is 57.3 Å². The molecule has 2 aromatic rings. The monoisotopic (exact) mass is 359 g/mol. The lowest BCUT2D eigenvalue weighted by Gasteiger charge is -2.16. The average Bonchev–Trinajstić information content (AvgIpc) is 3.01. The summed E-state index contributed by atoms with van der Waals surface area (Å²) < 4.78 is 0. The summed E-state index contributed by atoms with van der Waals surface area (Å²) in [5.41, 5.74) is 1.48. The van der Waals surface area contributed by atoms with Crippen molar-refractivity contribution >= 4 is 29.1 Å². The second-order valence-electron chi connectivity index (χ2n) is 6.81. The van der Waals surface area contributed by atoms with Gasteiger partial charge in [0.05, 0.1) is 0 Å². The van der Waals surface area contributed by atoms with E-state index in [-0.39, 0.29) is 5.91 Å². The Bertz CT molecular complexity index is 802. The van der Waals surface area contributed by atoms with Gasteiger partial charge in [0.15, 0.2) is 0 Å². The van der Waals surface area contributed by atoms with E-state index in [0.717, 1.165) is 11.1 Å². The van der Waals surface area contributed by atoms with E-state index in [0.29, 0.717) is 23.3 Å². The van der Waals surface area contributed by atoms with Gasteiger partial charge < -0.3 is 5.11 Å². The molecule has 0 spiro atoms. The zero-order valence-electron chi connectivity index (χ0n) is 14.5. The molecule has 2 amide bonds. The van der Waals surface area contributed by atoms with E-state index in [1.807, 2.05) is 12.1 Å². The maximum Gasteiger partial charge on any atom is 0.346 e. The van der Waals surface area contributed by atoms with Crippen LogP contribution in [-0.2, 0) is 17.6 Å². The molecule has 0 aliphatic rings. The van der Waals surface area contributed by atoms with Crippen molar-refractivity contribution in [2.75, 3.05) is 0 Å². The van der Waals surface area contributed by atoms with E-state index in [2.05, 4.69) is 5.32 Å². The lowest BCUT2D eigenvalue weighted by Crippen LogP contribution is -2.38. The molecular weight excluding hydrogens is 338 g/mol. The third-order valence-electron chi connectivity index (χ3n) is 3.72. The molecule has 1 aromatic carbocycles. The molecule has 132 valence electrons. The summed E-state index contributed by atoms with van der Waals surface area (Å²) in [6.45, 7) is 5.23. The van der Waals surface area contributed by atoms with Crippen molar-refractivity contribution in [3.8, 4) is 0 Å². The highest BCUT2D eigenvalue weighted by atomic mass is 32.1. The lowest BCUT2D eigenvalue weighted by atomic mass is 9.95. The number of hydrogen-bond donors (Lipinski definition) is 2. The van der Waals surface area contributed by atoms with Crippen LogP contribution in [0.1, 0.15) is 51.9 Å². The molecule has 0 bridgehead atoms. The molecule has 2 rings (SSSR count). The number of imide groups is 1. The number of amides is 2. The zero-order chi connectivity index (χ0) is 18.6. The second kappa shape index (κ2) is 7.61. The van der Waals surface area contributed by atoms with Crippen molar-refractivity contribution < 1.29 is 19.5 Å². The van der Waals surface area contributed by atoms with Crippen LogP contribution in [0.5, 0.6) is 0 Å². The molecular formula is C19H21NO4S. The molecule has 1 heterocycles. The molecule has 0 aliphatic carbocycles. The Labute approximate surface area is 150 Å². The minimum atomic E-state index is -0.918. The van der Waals surface area contributed by atoms with Crippen molar-refractivity contribution in [3.63, 3.8) is 0 Å². The number of aryl methyl sites for hydroxylation is 2. The third kappa shape index (κ3) is 5.00. The fourth-order valence-corrected chi connectivity index (χ4v) is 3.02. The first kappa shape index (κ1) is 18.9. The molecule has 5 nitrogen and oxygen atoms in total. The van der Waals surface area contributed by atoms with Gasteiger partial charge in [0, 0.05) is 11.0 Å². The molecule has 0 fully saturated rings. The van der Waals surface area contributed by atoms with E-state index in [4.69, 9.17) is 5.11 Å². The number of carbonyl (C=O) groups is 3. The standard InChI is InChI=1S/C19H21NO4S/c1-19(2,3)18(24)20-16(21)14-6-4-5-12(11-14)7-8-13-9-10-25-15(13)17(22)23/h4-6,9-11H,7-8H2,1-3H3,(H,22,23)(H,20,21,24). The van der Waals surface area contributed by atoms with Gasteiger partial charge in [0.2, 0.25) is 5.91 Å². The number of carboxylic acid groups (broad SMARTS) is 1. The van der Waals surface area contributed by atoms with Crippen LogP contribution in [0.3, 0.4) is 0 Å². The first-order valence-electron chi connectivity index (χ1n) is 7.93. The highest BCUT2D eigenvalue weighted by Crippen LogP contribution is 2.19. The number of carboxylic acids is 1. The minimum absolute atomic E-state index is 0.327. The number of benzene rings is 1. The Kier molecular flexibility index (Phi) is 5.74. The number of hydrogen-bond acceptors (Lipinski definition) is 4. The van der Waals surface area contributed by atoms with Gasteiger partial charge in [-0.25, -0.2) is 4.79 Å². The number of nitrogens with one attached hydrogen (secondary N) is 1. The summed E-state index contributed by atoms with van der Waals surface area (Å²) in [7, 11) is 0. The van der Waals surface area contributed by atoms with E-state index in [1.54, 1.807) is 44.4 Å². The Hall–Kier alpha value is -2.47. The van der Waals surface area contributed by atoms with Crippen LogP contribution in [0.25, 0.3) is 0 Å². The molecule has 0 unspecified atom stereocenters. The van der Waals surface area contributed by atoms with Gasteiger partial charge in [0.25, 0.3) is 5.91 Å². The number of rotatable bonds is 5. The molecule has 0 saturated carbocycles. The predicted octanol–water partition coefficient (Wildman–Crippen LogP) is 3.53. The van der Waals surface area contributed by atoms with Crippen molar-refractivity contribution in [2.24, 2.45) is 5.41 Å². The molecule has 6 heteroatoms. The predicted molar refractivity (Wildman–Crippen MR) is 97.1 cm³/mol. The molecule has 0 radical (unpaired) electrons. The minimum Gasteiger partial charge on any atom is -0.477 e. The Morgan fingerprint density at radius 3 is 2.48 bits per heavy atom. The fourth-order valence-electron chi connectivity index (χ4n) is 2.23. The Balaban J connectivity index is 2.06. The van der Waals surface area contributed by atoms with E-state index in [1.165, 1.54) is 11.3 Å². The number of aromatic carboxylic acids is 1. The molecule has 0 atom stereocenters. The maximum atomic E-state index is 12.2. The molecule has 0 saturated heterocycles. The Morgan fingerprint density at radius 1 is 1.12 bits per heavy atom. The smallest absolute Gasteiger partial charge is 0.346 e. The molecule has 2 N–H and O–H groups in total. The van der Waals surface area contributed by atoms with Crippen molar-refractivity contribution in [1.82, 2.24) is 5.32 Å². The summed E-state index contributed by atoms with van der Waals surface area (Å²) >= 11 is 1.21. The summed E-state index contributed by atoms with van der Waals surface area (Å²) in [5.74, 6) is -1.67. The van der Waals surface area contributed by atoms with Crippen LogP contribution < -0.4 is 5.32 Å². The second-order valence-corrected chi connectivity index (χ2v) is 7.73. The summed E-state index contributed by atoms with van der Waals surface area (Å²) in [6.07, 6.45) is 1.20. The maximum absolute atomic E-state index is 12.2. The van der Waals surface area contributed by atoms with Crippen molar-refractivity contribution in [2.45, 2.75) is 33.6 Å². The number of carbonyl (C=O) groups excluding carboxylic acids is 2. The molecule has 1 aromatic heterocycles. The van der Waals surface area contributed by atoms with Crippen LogP contribution >= 0.6 is 11.3 Å². The highest BCUT2D eigenvalue weighted by molar-refractivity contribution is 7.12. The fraction of sp³-hybridized carbons (Fsp3) is 0.316. The Morgan fingerprint density at radius 2 is 1.84 bits per heavy atom. The van der Waals surface area contributed by atoms with Gasteiger partial charge in [-0.05, 0) is 47.5 Å². The molecule has 25 heavy (non-hydrogen) atoms. The normalized spacial score (nSPS) is 11.2. The summed E-state index contributed by atoms with van der Waals surface area (Å²) in [4.78, 5) is 35.7.